The Morgan fingerprint density at radius 1 is 1.25 bits per heavy atom. The first-order valence-corrected chi connectivity index (χ1v) is 6.60. The van der Waals surface area contributed by atoms with Gasteiger partial charge in [0.15, 0.2) is 0 Å². The van der Waals surface area contributed by atoms with E-state index in [2.05, 4.69) is 31.7 Å². The van der Waals surface area contributed by atoms with Gasteiger partial charge in [-0.15, -0.1) is 0 Å². The number of hydrogen-bond acceptors (Lipinski definition) is 2. The van der Waals surface area contributed by atoms with Gasteiger partial charge in [0.05, 0.1) is 11.5 Å². The molecule has 2 fully saturated rings. The van der Waals surface area contributed by atoms with Gasteiger partial charge in [-0.25, -0.2) is 0 Å². The maximum Gasteiger partial charge on any atom is 0.0696 e. The third-order valence-corrected chi connectivity index (χ3v) is 4.57. The van der Waals surface area contributed by atoms with Gasteiger partial charge >= 0.3 is 0 Å². The fraction of sp³-hybridized carbons (Fsp3) is 0.929. The van der Waals surface area contributed by atoms with Crippen LogP contribution >= 0.6 is 0 Å². The predicted molar refractivity (Wildman–Crippen MR) is 65.9 cm³/mol. The van der Waals surface area contributed by atoms with E-state index in [9.17, 15) is 5.26 Å². The summed E-state index contributed by atoms with van der Waals surface area (Å²) in [6.45, 7) is 10.2. The monoisotopic (exact) mass is 220 g/mol. The van der Waals surface area contributed by atoms with Gasteiger partial charge in [-0.2, -0.15) is 5.26 Å². The summed E-state index contributed by atoms with van der Waals surface area (Å²) < 4.78 is 0. The van der Waals surface area contributed by atoms with Crippen LogP contribution in [0.2, 0.25) is 0 Å². The zero-order chi connectivity index (χ0) is 11.8. The molecule has 1 saturated heterocycles. The van der Waals surface area contributed by atoms with Crippen molar-refractivity contribution in [2.24, 2.45) is 16.7 Å². The highest BCUT2D eigenvalue weighted by Gasteiger charge is 2.44. The summed E-state index contributed by atoms with van der Waals surface area (Å²) in [5.41, 5.74) is 0.0282. The third-order valence-electron chi connectivity index (χ3n) is 4.57. The van der Waals surface area contributed by atoms with Gasteiger partial charge in [0.1, 0.15) is 0 Å². The summed E-state index contributed by atoms with van der Waals surface area (Å²) >= 11 is 0. The smallest absolute Gasteiger partial charge is 0.0696 e. The normalized spacial score (nSPS) is 26.4. The Kier molecular flexibility index (Phi) is 3.01. The molecular formula is C14H24N2. The van der Waals surface area contributed by atoms with E-state index in [0.717, 1.165) is 31.8 Å². The largest absolute Gasteiger partial charge is 0.303 e. The van der Waals surface area contributed by atoms with Crippen molar-refractivity contribution in [2.45, 2.75) is 46.5 Å². The van der Waals surface area contributed by atoms with Crippen LogP contribution in [0.15, 0.2) is 0 Å². The molecule has 2 aliphatic rings. The van der Waals surface area contributed by atoms with Crippen LogP contribution < -0.4 is 0 Å². The van der Waals surface area contributed by atoms with E-state index >= 15 is 0 Å². The molecule has 0 N–H and O–H groups in total. The molecule has 0 aromatic carbocycles. The van der Waals surface area contributed by atoms with Crippen molar-refractivity contribution in [2.75, 3.05) is 19.6 Å². The topological polar surface area (TPSA) is 27.0 Å². The molecule has 0 atom stereocenters. The SMILES string of the molecule is CC(C)(C)C1(C#N)CCN(CC2CC2)CC1. The van der Waals surface area contributed by atoms with Gasteiger partial charge < -0.3 is 4.90 Å². The molecule has 2 nitrogen and oxygen atoms in total. The summed E-state index contributed by atoms with van der Waals surface area (Å²) in [7, 11) is 0. The molecule has 0 unspecified atom stereocenters. The van der Waals surface area contributed by atoms with Crippen LogP contribution in [0, 0.1) is 28.1 Å². The minimum absolute atomic E-state index is 0.0902. The molecule has 1 saturated carbocycles. The zero-order valence-corrected chi connectivity index (χ0v) is 10.9. The van der Waals surface area contributed by atoms with Crippen molar-refractivity contribution in [3.63, 3.8) is 0 Å². The Labute approximate surface area is 99.6 Å². The Morgan fingerprint density at radius 2 is 1.81 bits per heavy atom. The summed E-state index contributed by atoms with van der Waals surface area (Å²) in [6, 6.07) is 2.62. The second-order valence-corrected chi connectivity index (χ2v) is 6.69. The molecule has 0 radical (unpaired) electrons. The average molecular weight is 220 g/mol. The minimum atomic E-state index is -0.0902. The van der Waals surface area contributed by atoms with Crippen molar-refractivity contribution in [1.29, 1.82) is 5.26 Å². The first-order chi connectivity index (χ1) is 7.47. The summed E-state index contributed by atoms with van der Waals surface area (Å²) in [6.07, 6.45) is 4.97. The molecule has 1 heterocycles. The van der Waals surface area contributed by atoms with E-state index in [4.69, 9.17) is 0 Å². The lowest BCUT2D eigenvalue weighted by Crippen LogP contribution is -2.46. The van der Waals surface area contributed by atoms with Crippen LogP contribution in [0.1, 0.15) is 46.5 Å². The highest BCUT2D eigenvalue weighted by molar-refractivity contribution is 5.08. The van der Waals surface area contributed by atoms with E-state index < -0.39 is 0 Å². The van der Waals surface area contributed by atoms with Crippen molar-refractivity contribution in [1.82, 2.24) is 4.90 Å². The van der Waals surface area contributed by atoms with Crippen LogP contribution in [0.3, 0.4) is 0 Å². The Morgan fingerprint density at radius 3 is 2.19 bits per heavy atom. The maximum absolute atomic E-state index is 9.49. The quantitative estimate of drug-likeness (QED) is 0.715. The molecule has 0 aromatic rings. The Hall–Kier alpha value is -0.550. The second-order valence-electron chi connectivity index (χ2n) is 6.69. The maximum atomic E-state index is 9.49. The van der Waals surface area contributed by atoms with E-state index in [1.54, 1.807) is 0 Å². The van der Waals surface area contributed by atoms with Crippen LogP contribution in [-0.4, -0.2) is 24.5 Å². The molecule has 0 aromatic heterocycles. The van der Waals surface area contributed by atoms with E-state index in [0.29, 0.717) is 0 Å². The fourth-order valence-electron chi connectivity index (χ4n) is 2.81. The van der Waals surface area contributed by atoms with Crippen molar-refractivity contribution >= 4 is 0 Å². The second kappa shape index (κ2) is 4.04. The molecule has 16 heavy (non-hydrogen) atoms. The van der Waals surface area contributed by atoms with Gasteiger partial charge in [0.2, 0.25) is 0 Å². The van der Waals surface area contributed by atoms with E-state index in [1.807, 2.05) is 0 Å². The first-order valence-electron chi connectivity index (χ1n) is 6.60. The minimum Gasteiger partial charge on any atom is -0.303 e. The van der Waals surface area contributed by atoms with Gasteiger partial charge in [0, 0.05) is 6.54 Å². The molecular weight excluding hydrogens is 196 g/mol. The standard InChI is InChI=1S/C14H24N2/c1-13(2,3)14(11-15)6-8-16(9-7-14)10-12-4-5-12/h12H,4-10H2,1-3H3. The van der Waals surface area contributed by atoms with E-state index in [-0.39, 0.29) is 10.8 Å². The molecule has 0 amide bonds. The van der Waals surface area contributed by atoms with Gasteiger partial charge in [-0.05, 0) is 50.1 Å². The van der Waals surface area contributed by atoms with Gasteiger partial charge in [-0.3, -0.25) is 0 Å². The summed E-state index contributed by atoms with van der Waals surface area (Å²) in [5.74, 6) is 0.976. The van der Waals surface area contributed by atoms with Crippen molar-refractivity contribution in [3.8, 4) is 6.07 Å². The summed E-state index contributed by atoms with van der Waals surface area (Å²) in [5, 5.41) is 9.49. The van der Waals surface area contributed by atoms with Crippen LogP contribution in [0.5, 0.6) is 0 Å². The number of nitrogens with zero attached hydrogens (tertiary/aromatic N) is 2. The Bertz CT molecular complexity index is 283. The first kappa shape index (κ1) is 11.9. The van der Waals surface area contributed by atoms with E-state index in [1.165, 1.54) is 19.4 Å². The molecule has 1 aliphatic carbocycles. The number of hydrogen-bond donors (Lipinski definition) is 0. The molecule has 2 heteroatoms. The fourth-order valence-corrected chi connectivity index (χ4v) is 2.81. The lowest BCUT2D eigenvalue weighted by Gasteiger charge is -2.45. The molecule has 2 rings (SSSR count). The van der Waals surface area contributed by atoms with Crippen LogP contribution in [0.25, 0.3) is 0 Å². The average Bonchev–Trinajstić information content (AvgIpc) is 3.01. The Balaban J connectivity index is 1.93. The molecule has 0 bridgehead atoms. The highest BCUT2D eigenvalue weighted by Crippen LogP contribution is 2.46. The number of piperidine rings is 1. The molecule has 90 valence electrons. The van der Waals surface area contributed by atoms with Crippen LogP contribution in [-0.2, 0) is 0 Å². The number of likely N-dealkylation sites (tertiary alicyclic amines) is 1. The molecule has 0 spiro atoms. The number of rotatable bonds is 2. The zero-order valence-electron chi connectivity index (χ0n) is 10.9. The predicted octanol–water partition coefficient (Wildman–Crippen LogP) is 3.05. The molecule has 1 aliphatic heterocycles. The van der Waals surface area contributed by atoms with Crippen molar-refractivity contribution < 1.29 is 0 Å². The highest BCUT2D eigenvalue weighted by atomic mass is 15.1. The van der Waals surface area contributed by atoms with Gasteiger partial charge in [-0.1, -0.05) is 20.8 Å². The third kappa shape index (κ3) is 2.25. The van der Waals surface area contributed by atoms with Gasteiger partial charge in [0.25, 0.3) is 0 Å². The lowest BCUT2D eigenvalue weighted by molar-refractivity contribution is 0.0530. The lowest BCUT2D eigenvalue weighted by atomic mass is 9.62. The van der Waals surface area contributed by atoms with Crippen LogP contribution in [0.4, 0.5) is 0 Å². The van der Waals surface area contributed by atoms with Crippen molar-refractivity contribution in [3.05, 3.63) is 0 Å². The number of nitriles is 1. The summed E-state index contributed by atoms with van der Waals surface area (Å²) in [4.78, 5) is 2.57.